The molecule has 19 heavy (non-hydrogen) atoms. The molecule has 5 heteroatoms. The smallest absolute Gasteiger partial charge is 0.307 e. The Morgan fingerprint density at radius 2 is 1.79 bits per heavy atom. The molecule has 0 fully saturated rings. The van der Waals surface area contributed by atoms with Gasteiger partial charge in [-0.3, -0.25) is 4.79 Å². The van der Waals surface area contributed by atoms with E-state index < -0.39 is 29.8 Å². The van der Waals surface area contributed by atoms with Crippen molar-refractivity contribution in [3.05, 3.63) is 59.4 Å². The van der Waals surface area contributed by atoms with Crippen molar-refractivity contribution in [3.8, 4) is 11.1 Å². The number of carboxylic acid groups (broad SMARTS) is 1. The number of hydrogen-bond donors (Lipinski definition) is 1. The number of halogens is 3. The van der Waals surface area contributed by atoms with E-state index in [0.29, 0.717) is 0 Å². The molecule has 2 aromatic rings. The molecule has 0 heterocycles. The van der Waals surface area contributed by atoms with Gasteiger partial charge in [0.25, 0.3) is 0 Å². The van der Waals surface area contributed by atoms with Crippen LogP contribution in [0.3, 0.4) is 0 Å². The second kappa shape index (κ2) is 5.14. The molecule has 0 aliphatic rings. The normalized spacial score (nSPS) is 10.5. The van der Waals surface area contributed by atoms with Gasteiger partial charge in [0.1, 0.15) is 5.82 Å². The minimum absolute atomic E-state index is 0.0868. The fourth-order valence-corrected chi connectivity index (χ4v) is 1.85. The fourth-order valence-electron chi connectivity index (χ4n) is 1.85. The number of benzene rings is 2. The minimum atomic E-state index is -1.18. The van der Waals surface area contributed by atoms with Crippen LogP contribution in [0.5, 0.6) is 0 Å². The first-order valence-corrected chi connectivity index (χ1v) is 5.43. The Morgan fingerprint density at radius 1 is 1.05 bits per heavy atom. The average molecular weight is 266 g/mol. The Hall–Kier alpha value is -2.30. The molecular formula is C14H9F3O2. The van der Waals surface area contributed by atoms with Gasteiger partial charge in [-0.05, 0) is 29.3 Å². The highest BCUT2D eigenvalue weighted by molar-refractivity contribution is 5.76. The number of hydrogen-bond acceptors (Lipinski definition) is 1. The van der Waals surface area contributed by atoms with Crippen LogP contribution in [0.4, 0.5) is 13.2 Å². The Morgan fingerprint density at radius 3 is 2.47 bits per heavy atom. The highest BCUT2D eigenvalue weighted by Crippen LogP contribution is 2.28. The summed E-state index contributed by atoms with van der Waals surface area (Å²) in [6.07, 6.45) is -0.469. The van der Waals surface area contributed by atoms with Gasteiger partial charge in [0.2, 0.25) is 0 Å². The van der Waals surface area contributed by atoms with E-state index in [9.17, 15) is 18.0 Å². The van der Waals surface area contributed by atoms with Gasteiger partial charge in [0.05, 0.1) is 6.42 Å². The SMILES string of the molecule is O=C(O)Cc1cc(F)ccc1-c1cccc(F)c1F. The van der Waals surface area contributed by atoms with Gasteiger partial charge >= 0.3 is 5.97 Å². The molecule has 0 saturated heterocycles. The van der Waals surface area contributed by atoms with Crippen molar-refractivity contribution in [2.24, 2.45) is 0 Å². The molecule has 2 aromatic carbocycles. The predicted molar refractivity (Wildman–Crippen MR) is 63.1 cm³/mol. The molecule has 2 nitrogen and oxygen atoms in total. The summed E-state index contributed by atoms with van der Waals surface area (Å²) in [5.74, 6) is -3.93. The van der Waals surface area contributed by atoms with Gasteiger partial charge in [-0.15, -0.1) is 0 Å². The number of carbonyl (C=O) groups is 1. The highest BCUT2D eigenvalue weighted by atomic mass is 19.2. The van der Waals surface area contributed by atoms with Crippen LogP contribution in [0.2, 0.25) is 0 Å². The summed E-state index contributed by atoms with van der Waals surface area (Å²) >= 11 is 0. The third-order valence-electron chi connectivity index (χ3n) is 2.65. The van der Waals surface area contributed by atoms with Crippen molar-refractivity contribution >= 4 is 5.97 Å². The molecule has 0 radical (unpaired) electrons. The molecule has 0 saturated carbocycles. The van der Waals surface area contributed by atoms with Crippen LogP contribution in [0, 0.1) is 17.5 Å². The predicted octanol–water partition coefficient (Wildman–Crippen LogP) is 3.40. The summed E-state index contributed by atoms with van der Waals surface area (Å²) in [4.78, 5) is 10.7. The number of rotatable bonds is 3. The second-order valence-corrected chi connectivity index (χ2v) is 3.97. The molecule has 0 unspecified atom stereocenters. The lowest BCUT2D eigenvalue weighted by Gasteiger charge is -2.09. The maximum absolute atomic E-state index is 13.7. The van der Waals surface area contributed by atoms with Crippen LogP contribution < -0.4 is 0 Å². The molecular weight excluding hydrogens is 257 g/mol. The highest BCUT2D eigenvalue weighted by Gasteiger charge is 2.15. The number of carboxylic acids is 1. The molecule has 0 bridgehead atoms. The van der Waals surface area contributed by atoms with Gasteiger partial charge in [0, 0.05) is 5.56 Å². The first-order valence-electron chi connectivity index (χ1n) is 5.43. The summed E-state index contributed by atoms with van der Waals surface area (Å²) in [6.45, 7) is 0. The zero-order chi connectivity index (χ0) is 14.0. The molecule has 2 rings (SSSR count). The summed E-state index contributed by atoms with van der Waals surface area (Å²) in [6, 6.07) is 6.90. The van der Waals surface area contributed by atoms with Crippen molar-refractivity contribution in [1.82, 2.24) is 0 Å². The van der Waals surface area contributed by atoms with E-state index in [2.05, 4.69) is 0 Å². The molecule has 0 aliphatic heterocycles. The molecule has 0 aromatic heterocycles. The van der Waals surface area contributed by atoms with Gasteiger partial charge in [-0.25, -0.2) is 13.2 Å². The van der Waals surface area contributed by atoms with E-state index in [1.54, 1.807) is 0 Å². The van der Waals surface area contributed by atoms with E-state index in [1.807, 2.05) is 0 Å². The van der Waals surface area contributed by atoms with Crippen LogP contribution in [-0.2, 0) is 11.2 Å². The van der Waals surface area contributed by atoms with E-state index in [1.165, 1.54) is 18.2 Å². The van der Waals surface area contributed by atoms with Gasteiger partial charge < -0.3 is 5.11 Å². The molecule has 0 atom stereocenters. The summed E-state index contributed by atoms with van der Waals surface area (Å²) in [7, 11) is 0. The quantitative estimate of drug-likeness (QED) is 0.924. The average Bonchev–Trinajstić information content (AvgIpc) is 2.33. The third kappa shape index (κ3) is 2.76. The van der Waals surface area contributed by atoms with E-state index >= 15 is 0 Å². The minimum Gasteiger partial charge on any atom is -0.481 e. The molecule has 0 spiro atoms. The molecule has 1 N–H and O–H groups in total. The van der Waals surface area contributed by atoms with Gasteiger partial charge in [-0.1, -0.05) is 18.2 Å². The molecule has 0 aliphatic carbocycles. The maximum atomic E-state index is 13.7. The van der Waals surface area contributed by atoms with Crippen molar-refractivity contribution in [3.63, 3.8) is 0 Å². The van der Waals surface area contributed by atoms with E-state index in [4.69, 9.17) is 5.11 Å². The maximum Gasteiger partial charge on any atom is 0.307 e. The van der Waals surface area contributed by atoms with Crippen molar-refractivity contribution < 1.29 is 23.1 Å². The summed E-state index contributed by atoms with van der Waals surface area (Å²) in [5.41, 5.74) is 0.175. The van der Waals surface area contributed by atoms with Crippen LogP contribution in [-0.4, -0.2) is 11.1 Å². The van der Waals surface area contributed by atoms with Crippen molar-refractivity contribution in [1.29, 1.82) is 0 Å². The van der Waals surface area contributed by atoms with E-state index in [-0.39, 0.29) is 16.7 Å². The first-order chi connectivity index (χ1) is 8.99. The Bertz CT molecular complexity index is 639. The van der Waals surface area contributed by atoms with E-state index in [0.717, 1.165) is 18.2 Å². The summed E-state index contributed by atoms with van der Waals surface area (Å²) < 4.78 is 40.0. The van der Waals surface area contributed by atoms with Crippen molar-refractivity contribution in [2.45, 2.75) is 6.42 Å². The largest absolute Gasteiger partial charge is 0.481 e. The Balaban J connectivity index is 2.61. The molecule has 98 valence electrons. The van der Waals surface area contributed by atoms with Gasteiger partial charge in [0.15, 0.2) is 11.6 Å². The fraction of sp³-hybridized carbons (Fsp3) is 0.0714. The van der Waals surface area contributed by atoms with Gasteiger partial charge in [-0.2, -0.15) is 0 Å². The lowest BCUT2D eigenvalue weighted by Crippen LogP contribution is -2.03. The number of aliphatic carboxylic acids is 1. The Labute approximate surface area is 107 Å². The van der Waals surface area contributed by atoms with Crippen LogP contribution >= 0.6 is 0 Å². The monoisotopic (exact) mass is 266 g/mol. The second-order valence-electron chi connectivity index (χ2n) is 3.97. The third-order valence-corrected chi connectivity index (χ3v) is 2.65. The van der Waals surface area contributed by atoms with Crippen LogP contribution in [0.1, 0.15) is 5.56 Å². The van der Waals surface area contributed by atoms with Crippen LogP contribution in [0.25, 0.3) is 11.1 Å². The summed E-state index contributed by atoms with van der Waals surface area (Å²) in [5, 5.41) is 8.76. The van der Waals surface area contributed by atoms with Crippen molar-refractivity contribution in [2.75, 3.05) is 0 Å². The zero-order valence-electron chi connectivity index (χ0n) is 9.66. The first kappa shape index (κ1) is 13.1. The topological polar surface area (TPSA) is 37.3 Å². The lowest BCUT2D eigenvalue weighted by molar-refractivity contribution is -0.136. The molecule has 0 amide bonds. The lowest BCUT2D eigenvalue weighted by atomic mass is 9.97. The zero-order valence-corrected chi connectivity index (χ0v) is 9.66. The standard InChI is InChI=1S/C14H9F3O2/c15-9-4-5-10(8(6-9)7-13(18)19)11-2-1-3-12(16)14(11)17/h1-6H,7H2,(H,18,19). The Kier molecular flexibility index (Phi) is 3.55. The van der Waals surface area contributed by atoms with Crippen LogP contribution in [0.15, 0.2) is 36.4 Å².